The molecule has 1 aromatic carbocycles. The molecule has 0 unspecified atom stereocenters. The highest BCUT2D eigenvalue weighted by atomic mass is 32.1. The molecule has 2 N–H and O–H groups in total. The summed E-state index contributed by atoms with van der Waals surface area (Å²) in [5.41, 5.74) is 6.63. The Morgan fingerprint density at radius 3 is 2.42 bits per heavy atom. The number of nitrogens with zero attached hydrogens (tertiary/aromatic N) is 1. The standard InChI is InChI=1S/C14H20N2O2S/c1-11(17)16(10-8-14(15)19)9-7-12-3-5-13(18-2)6-4-12/h3-6H,7-10H2,1-2H3,(H2,15,19). The van der Waals surface area contributed by atoms with Crippen molar-refractivity contribution in [2.75, 3.05) is 20.2 Å². The minimum atomic E-state index is 0.0461. The third-order valence-corrected chi connectivity index (χ3v) is 3.11. The molecule has 0 atom stereocenters. The Kier molecular flexibility index (Phi) is 6.29. The number of ether oxygens (including phenoxy) is 1. The van der Waals surface area contributed by atoms with Crippen LogP contribution in [0, 0.1) is 0 Å². The number of nitrogens with two attached hydrogens (primary N) is 1. The van der Waals surface area contributed by atoms with E-state index in [1.807, 2.05) is 24.3 Å². The summed E-state index contributed by atoms with van der Waals surface area (Å²) in [5.74, 6) is 0.880. The van der Waals surface area contributed by atoms with E-state index in [0.29, 0.717) is 24.5 Å². The molecule has 1 amide bonds. The van der Waals surface area contributed by atoms with Crippen molar-refractivity contribution in [3.8, 4) is 5.75 Å². The van der Waals surface area contributed by atoms with Crippen LogP contribution in [0.15, 0.2) is 24.3 Å². The van der Waals surface area contributed by atoms with E-state index in [2.05, 4.69) is 0 Å². The number of carbonyl (C=O) groups is 1. The van der Waals surface area contributed by atoms with Gasteiger partial charge in [-0.2, -0.15) is 0 Å². The predicted octanol–water partition coefficient (Wildman–Crippen LogP) is 1.76. The Bertz CT molecular complexity index is 432. The Morgan fingerprint density at radius 1 is 1.32 bits per heavy atom. The Morgan fingerprint density at radius 2 is 1.95 bits per heavy atom. The summed E-state index contributed by atoms with van der Waals surface area (Å²) in [4.78, 5) is 13.7. The maximum atomic E-state index is 11.5. The molecule has 19 heavy (non-hydrogen) atoms. The van der Waals surface area contributed by atoms with Gasteiger partial charge in [0.05, 0.1) is 12.1 Å². The van der Waals surface area contributed by atoms with Crippen molar-refractivity contribution in [1.29, 1.82) is 0 Å². The van der Waals surface area contributed by atoms with Crippen LogP contribution in [0.4, 0.5) is 0 Å². The fourth-order valence-electron chi connectivity index (χ4n) is 1.73. The van der Waals surface area contributed by atoms with E-state index in [0.717, 1.165) is 12.2 Å². The quantitative estimate of drug-likeness (QED) is 0.773. The molecule has 0 bridgehead atoms. The highest BCUT2D eigenvalue weighted by Crippen LogP contribution is 2.12. The molecule has 4 nitrogen and oxygen atoms in total. The Hall–Kier alpha value is -1.62. The van der Waals surface area contributed by atoms with Crippen LogP contribution in [-0.2, 0) is 11.2 Å². The molecule has 0 fully saturated rings. The summed E-state index contributed by atoms with van der Waals surface area (Å²) in [6, 6.07) is 7.85. The molecule has 0 aliphatic carbocycles. The van der Waals surface area contributed by atoms with E-state index < -0.39 is 0 Å². The summed E-state index contributed by atoms with van der Waals surface area (Å²) in [5, 5.41) is 0. The second-order valence-corrected chi connectivity index (χ2v) is 4.84. The molecule has 5 heteroatoms. The van der Waals surface area contributed by atoms with E-state index in [4.69, 9.17) is 22.7 Å². The van der Waals surface area contributed by atoms with Gasteiger partial charge in [0.1, 0.15) is 5.75 Å². The molecule has 1 rings (SSSR count). The fraction of sp³-hybridized carbons (Fsp3) is 0.429. The zero-order valence-corrected chi connectivity index (χ0v) is 12.2. The molecular weight excluding hydrogens is 260 g/mol. The maximum Gasteiger partial charge on any atom is 0.219 e. The first-order valence-corrected chi connectivity index (χ1v) is 6.60. The first-order valence-electron chi connectivity index (χ1n) is 6.19. The van der Waals surface area contributed by atoms with Crippen LogP contribution >= 0.6 is 12.2 Å². The molecule has 104 valence electrons. The SMILES string of the molecule is COc1ccc(CCN(CCC(N)=S)C(C)=O)cc1. The molecule has 0 saturated heterocycles. The van der Waals surface area contributed by atoms with Crippen molar-refractivity contribution in [2.24, 2.45) is 5.73 Å². The van der Waals surface area contributed by atoms with E-state index in [1.54, 1.807) is 18.9 Å². The number of rotatable bonds is 7. The van der Waals surface area contributed by atoms with E-state index >= 15 is 0 Å². The number of hydrogen-bond donors (Lipinski definition) is 1. The monoisotopic (exact) mass is 280 g/mol. The van der Waals surface area contributed by atoms with Gasteiger partial charge in [-0.1, -0.05) is 24.4 Å². The van der Waals surface area contributed by atoms with Crippen LogP contribution in [0.5, 0.6) is 5.75 Å². The van der Waals surface area contributed by atoms with Crippen molar-refractivity contribution in [3.05, 3.63) is 29.8 Å². The van der Waals surface area contributed by atoms with Gasteiger partial charge in [0.25, 0.3) is 0 Å². The van der Waals surface area contributed by atoms with Crippen molar-refractivity contribution < 1.29 is 9.53 Å². The van der Waals surface area contributed by atoms with Crippen molar-refractivity contribution in [3.63, 3.8) is 0 Å². The number of carbonyl (C=O) groups excluding carboxylic acids is 1. The number of thiocarbonyl (C=S) groups is 1. The predicted molar refractivity (Wildman–Crippen MR) is 80.4 cm³/mol. The molecule has 0 aromatic heterocycles. The van der Waals surface area contributed by atoms with Crippen LogP contribution in [0.1, 0.15) is 18.9 Å². The second kappa shape index (κ2) is 7.74. The number of amides is 1. The van der Waals surface area contributed by atoms with Crippen LogP contribution in [0.25, 0.3) is 0 Å². The summed E-state index contributed by atoms with van der Waals surface area (Å²) in [6.07, 6.45) is 1.37. The summed E-state index contributed by atoms with van der Waals surface area (Å²) < 4.78 is 5.11. The first-order chi connectivity index (χ1) is 9.02. The van der Waals surface area contributed by atoms with E-state index in [9.17, 15) is 4.79 Å². The first kappa shape index (κ1) is 15.4. The van der Waals surface area contributed by atoms with Gasteiger partial charge in [0.15, 0.2) is 0 Å². The van der Waals surface area contributed by atoms with Gasteiger partial charge in [-0.05, 0) is 24.1 Å². The van der Waals surface area contributed by atoms with Crippen molar-refractivity contribution >= 4 is 23.1 Å². The van der Waals surface area contributed by atoms with Gasteiger partial charge in [0, 0.05) is 26.4 Å². The lowest BCUT2D eigenvalue weighted by atomic mass is 10.1. The van der Waals surface area contributed by atoms with Crippen molar-refractivity contribution in [1.82, 2.24) is 4.90 Å². The molecule has 0 heterocycles. The lowest BCUT2D eigenvalue weighted by Gasteiger charge is -2.20. The second-order valence-electron chi connectivity index (χ2n) is 4.32. The lowest BCUT2D eigenvalue weighted by Crippen LogP contribution is -2.33. The Labute approximate surface area is 119 Å². The van der Waals surface area contributed by atoms with Crippen LogP contribution in [-0.4, -0.2) is 36.0 Å². The normalized spacial score (nSPS) is 10.0. The summed E-state index contributed by atoms with van der Waals surface area (Å²) >= 11 is 4.83. The number of benzene rings is 1. The van der Waals surface area contributed by atoms with Gasteiger partial charge in [-0.3, -0.25) is 4.79 Å². The highest BCUT2D eigenvalue weighted by molar-refractivity contribution is 7.80. The minimum absolute atomic E-state index is 0.0461. The third-order valence-electron chi connectivity index (χ3n) is 2.90. The van der Waals surface area contributed by atoms with E-state index in [-0.39, 0.29) is 5.91 Å². The molecule has 1 aromatic rings. The molecule has 0 saturated carbocycles. The average molecular weight is 280 g/mol. The average Bonchev–Trinajstić information content (AvgIpc) is 2.38. The van der Waals surface area contributed by atoms with Gasteiger partial charge >= 0.3 is 0 Å². The van der Waals surface area contributed by atoms with Crippen LogP contribution < -0.4 is 10.5 Å². The van der Waals surface area contributed by atoms with Gasteiger partial charge < -0.3 is 15.4 Å². The smallest absolute Gasteiger partial charge is 0.219 e. The molecule has 0 aliphatic rings. The zero-order chi connectivity index (χ0) is 14.3. The van der Waals surface area contributed by atoms with Crippen LogP contribution in [0.3, 0.4) is 0 Å². The van der Waals surface area contributed by atoms with E-state index in [1.165, 1.54) is 5.56 Å². The largest absolute Gasteiger partial charge is 0.497 e. The van der Waals surface area contributed by atoms with Gasteiger partial charge in [-0.15, -0.1) is 0 Å². The molecule has 0 aliphatic heterocycles. The van der Waals surface area contributed by atoms with Gasteiger partial charge in [-0.25, -0.2) is 0 Å². The topological polar surface area (TPSA) is 55.6 Å². The van der Waals surface area contributed by atoms with Gasteiger partial charge in [0.2, 0.25) is 5.91 Å². The maximum absolute atomic E-state index is 11.5. The lowest BCUT2D eigenvalue weighted by molar-refractivity contribution is -0.128. The molecule has 0 radical (unpaired) electrons. The Balaban J connectivity index is 2.50. The minimum Gasteiger partial charge on any atom is -0.497 e. The van der Waals surface area contributed by atoms with Crippen LogP contribution in [0.2, 0.25) is 0 Å². The number of methoxy groups -OCH3 is 1. The fourth-order valence-corrected chi connectivity index (χ4v) is 1.82. The van der Waals surface area contributed by atoms with Crippen molar-refractivity contribution in [2.45, 2.75) is 19.8 Å². The number of hydrogen-bond acceptors (Lipinski definition) is 3. The highest BCUT2D eigenvalue weighted by Gasteiger charge is 2.08. The third kappa shape index (κ3) is 5.70. The summed E-state index contributed by atoms with van der Waals surface area (Å²) in [6.45, 7) is 2.82. The molecular formula is C14H20N2O2S. The summed E-state index contributed by atoms with van der Waals surface area (Å²) in [7, 11) is 1.64. The molecule has 0 spiro atoms. The zero-order valence-electron chi connectivity index (χ0n) is 11.4.